The topological polar surface area (TPSA) is 41.1 Å². The highest BCUT2D eigenvalue weighted by atomic mass is 16.1. The van der Waals surface area contributed by atoms with Crippen molar-refractivity contribution in [2.45, 2.75) is 26.3 Å². The normalized spacial score (nSPS) is 10.6. The van der Waals surface area contributed by atoms with Gasteiger partial charge in [-0.2, -0.15) is 0 Å². The first-order valence-electron chi connectivity index (χ1n) is 7.29. The average Bonchev–Trinajstić information content (AvgIpc) is 2.49. The minimum Gasteiger partial charge on any atom is -0.325 e. The number of amides is 1. The van der Waals surface area contributed by atoms with E-state index in [1.165, 1.54) is 11.1 Å². The molecule has 2 aromatic carbocycles. The molecule has 0 aliphatic rings. The molecular formula is C18H22N2O. The molecule has 1 amide bonds. The van der Waals surface area contributed by atoms with Crippen LogP contribution in [0.3, 0.4) is 0 Å². The summed E-state index contributed by atoms with van der Waals surface area (Å²) in [5.41, 5.74) is 3.35. The summed E-state index contributed by atoms with van der Waals surface area (Å²) >= 11 is 0. The lowest BCUT2D eigenvalue weighted by Gasteiger charge is -2.08. The Balaban J connectivity index is 1.75. The standard InChI is InChI=1S/C18H22N2O/c1-14(2)16-10-8-15(9-11-16)12-19-13-18(21)20-17-6-4-3-5-7-17/h3-11,14,19H,12-13H2,1-2H3,(H,20,21). The first kappa shape index (κ1) is 15.3. The van der Waals surface area contributed by atoms with Crippen molar-refractivity contribution in [3.05, 3.63) is 65.7 Å². The Kier molecular flexibility index (Phi) is 5.52. The van der Waals surface area contributed by atoms with Crippen molar-refractivity contribution in [3.8, 4) is 0 Å². The number of carbonyl (C=O) groups is 1. The Morgan fingerprint density at radius 2 is 1.67 bits per heavy atom. The van der Waals surface area contributed by atoms with Crippen LogP contribution in [0, 0.1) is 0 Å². The largest absolute Gasteiger partial charge is 0.325 e. The van der Waals surface area contributed by atoms with E-state index in [0.29, 0.717) is 19.0 Å². The maximum Gasteiger partial charge on any atom is 0.238 e. The number of hydrogen-bond acceptors (Lipinski definition) is 2. The fraction of sp³-hybridized carbons (Fsp3) is 0.278. The van der Waals surface area contributed by atoms with Gasteiger partial charge >= 0.3 is 0 Å². The summed E-state index contributed by atoms with van der Waals surface area (Å²) in [4.78, 5) is 11.8. The molecule has 0 saturated heterocycles. The number of carbonyl (C=O) groups excluding carboxylic acids is 1. The van der Waals surface area contributed by atoms with E-state index in [0.717, 1.165) is 5.69 Å². The zero-order chi connectivity index (χ0) is 15.1. The molecule has 0 spiro atoms. The molecule has 0 unspecified atom stereocenters. The van der Waals surface area contributed by atoms with E-state index < -0.39 is 0 Å². The number of anilines is 1. The number of para-hydroxylation sites is 1. The maximum absolute atomic E-state index is 11.8. The Hall–Kier alpha value is -2.13. The third-order valence-corrected chi connectivity index (χ3v) is 3.32. The lowest BCUT2D eigenvalue weighted by molar-refractivity contribution is -0.115. The van der Waals surface area contributed by atoms with Gasteiger partial charge in [-0.15, -0.1) is 0 Å². The first-order valence-corrected chi connectivity index (χ1v) is 7.29. The summed E-state index contributed by atoms with van der Waals surface area (Å²) in [6.45, 7) is 5.36. The van der Waals surface area contributed by atoms with Gasteiger partial charge in [0.1, 0.15) is 0 Å². The van der Waals surface area contributed by atoms with Gasteiger partial charge in [0.15, 0.2) is 0 Å². The van der Waals surface area contributed by atoms with Crippen LogP contribution >= 0.6 is 0 Å². The highest BCUT2D eigenvalue weighted by Crippen LogP contribution is 2.14. The van der Waals surface area contributed by atoms with E-state index in [1.54, 1.807) is 0 Å². The summed E-state index contributed by atoms with van der Waals surface area (Å²) in [6.07, 6.45) is 0. The van der Waals surface area contributed by atoms with Gasteiger partial charge in [0.2, 0.25) is 5.91 Å². The van der Waals surface area contributed by atoms with Gasteiger partial charge in [-0.05, 0) is 29.2 Å². The quantitative estimate of drug-likeness (QED) is 0.851. The Labute approximate surface area is 126 Å². The first-order chi connectivity index (χ1) is 10.1. The molecule has 0 radical (unpaired) electrons. The van der Waals surface area contributed by atoms with Crippen molar-refractivity contribution < 1.29 is 4.79 Å². The Morgan fingerprint density at radius 1 is 1.00 bits per heavy atom. The van der Waals surface area contributed by atoms with Gasteiger partial charge in [0.05, 0.1) is 6.54 Å². The molecule has 21 heavy (non-hydrogen) atoms. The van der Waals surface area contributed by atoms with Crippen LogP contribution < -0.4 is 10.6 Å². The predicted octanol–water partition coefficient (Wildman–Crippen LogP) is 3.54. The van der Waals surface area contributed by atoms with Crippen molar-refractivity contribution in [2.24, 2.45) is 0 Å². The van der Waals surface area contributed by atoms with E-state index in [1.807, 2.05) is 30.3 Å². The summed E-state index contributed by atoms with van der Waals surface area (Å²) < 4.78 is 0. The number of rotatable bonds is 6. The van der Waals surface area contributed by atoms with E-state index in [2.05, 4.69) is 48.7 Å². The van der Waals surface area contributed by atoms with E-state index >= 15 is 0 Å². The Bertz CT molecular complexity index is 562. The molecule has 0 heterocycles. The molecule has 3 nitrogen and oxygen atoms in total. The molecule has 3 heteroatoms. The third kappa shape index (κ3) is 5.04. The number of benzene rings is 2. The van der Waals surface area contributed by atoms with Crippen molar-refractivity contribution in [1.82, 2.24) is 5.32 Å². The van der Waals surface area contributed by atoms with Gasteiger partial charge in [0, 0.05) is 12.2 Å². The fourth-order valence-electron chi connectivity index (χ4n) is 2.07. The second-order valence-electron chi connectivity index (χ2n) is 5.41. The molecule has 2 N–H and O–H groups in total. The fourth-order valence-corrected chi connectivity index (χ4v) is 2.07. The van der Waals surface area contributed by atoms with Gasteiger partial charge < -0.3 is 10.6 Å². The van der Waals surface area contributed by atoms with Crippen molar-refractivity contribution in [3.63, 3.8) is 0 Å². The monoisotopic (exact) mass is 282 g/mol. The number of nitrogens with one attached hydrogen (secondary N) is 2. The minimum atomic E-state index is -0.0278. The summed E-state index contributed by atoms with van der Waals surface area (Å²) in [7, 11) is 0. The Morgan fingerprint density at radius 3 is 2.29 bits per heavy atom. The van der Waals surface area contributed by atoms with Gasteiger partial charge in [-0.25, -0.2) is 0 Å². The molecule has 0 aliphatic heterocycles. The van der Waals surface area contributed by atoms with E-state index in [9.17, 15) is 4.79 Å². The molecule has 0 aliphatic carbocycles. The van der Waals surface area contributed by atoms with Crippen LogP contribution in [0.15, 0.2) is 54.6 Å². The maximum atomic E-state index is 11.8. The van der Waals surface area contributed by atoms with Crippen LogP contribution in [0.5, 0.6) is 0 Å². The molecule has 2 rings (SSSR count). The van der Waals surface area contributed by atoms with Crippen LogP contribution in [-0.2, 0) is 11.3 Å². The SMILES string of the molecule is CC(C)c1ccc(CNCC(=O)Nc2ccccc2)cc1. The second-order valence-corrected chi connectivity index (χ2v) is 5.41. The molecule has 0 fully saturated rings. The smallest absolute Gasteiger partial charge is 0.238 e. The van der Waals surface area contributed by atoms with Crippen molar-refractivity contribution in [2.75, 3.05) is 11.9 Å². The third-order valence-electron chi connectivity index (χ3n) is 3.32. The lowest BCUT2D eigenvalue weighted by Crippen LogP contribution is -2.27. The molecule has 0 saturated carbocycles. The van der Waals surface area contributed by atoms with E-state index in [4.69, 9.17) is 0 Å². The second kappa shape index (κ2) is 7.60. The van der Waals surface area contributed by atoms with E-state index in [-0.39, 0.29) is 5.91 Å². The summed E-state index contributed by atoms with van der Waals surface area (Å²) in [5, 5.41) is 6.01. The van der Waals surface area contributed by atoms with Gasteiger partial charge in [0.25, 0.3) is 0 Å². The van der Waals surface area contributed by atoms with Crippen LogP contribution in [0.25, 0.3) is 0 Å². The summed E-state index contributed by atoms with van der Waals surface area (Å²) in [5.74, 6) is 0.517. The van der Waals surface area contributed by atoms with Crippen molar-refractivity contribution in [1.29, 1.82) is 0 Å². The van der Waals surface area contributed by atoms with Crippen LogP contribution in [0.4, 0.5) is 5.69 Å². The average molecular weight is 282 g/mol. The molecule has 0 atom stereocenters. The van der Waals surface area contributed by atoms with Gasteiger partial charge in [-0.1, -0.05) is 56.3 Å². The number of hydrogen-bond donors (Lipinski definition) is 2. The molecule has 2 aromatic rings. The predicted molar refractivity (Wildman–Crippen MR) is 87.3 cm³/mol. The molecular weight excluding hydrogens is 260 g/mol. The molecule has 0 bridgehead atoms. The van der Waals surface area contributed by atoms with Crippen molar-refractivity contribution >= 4 is 11.6 Å². The summed E-state index contributed by atoms with van der Waals surface area (Å²) in [6, 6.07) is 18.0. The molecule has 110 valence electrons. The minimum absolute atomic E-state index is 0.0278. The molecule has 0 aromatic heterocycles. The lowest BCUT2D eigenvalue weighted by atomic mass is 10.0. The van der Waals surface area contributed by atoms with Crippen LogP contribution in [-0.4, -0.2) is 12.5 Å². The van der Waals surface area contributed by atoms with Crippen LogP contribution in [0.1, 0.15) is 30.9 Å². The van der Waals surface area contributed by atoms with Gasteiger partial charge in [-0.3, -0.25) is 4.79 Å². The zero-order valence-corrected chi connectivity index (χ0v) is 12.6. The zero-order valence-electron chi connectivity index (χ0n) is 12.6. The highest BCUT2D eigenvalue weighted by molar-refractivity contribution is 5.92. The van der Waals surface area contributed by atoms with Crippen LogP contribution in [0.2, 0.25) is 0 Å². The highest BCUT2D eigenvalue weighted by Gasteiger charge is 2.02.